The van der Waals surface area contributed by atoms with Gasteiger partial charge in [-0.3, -0.25) is 4.79 Å². The van der Waals surface area contributed by atoms with Crippen LogP contribution in [0.5, 0.6) is 0 Å². The summed E-state index contributed by atoms with van der Waals surface area (Å²) < 4.78 is 0. The summed E-state index contributed by atoms with van der Waals surface area (Å²) in [5.41, 5.74) is 13.8. The Morgan fingerprint density at radius 3 is 2.30 bits per heavy atom. The standard InChI is InChI=1S/C16H25N3O/c1-16(2,3)12-6-8-19(9-7-12)14-5-4-11(15(18)20)10-13(14)17/h4-5,10,12H,6-9,17H2,1-3H3,(H2,18,20). The monoisotopic (exact) mass is 275 g/mol. The van der Waals surface area contributed by atoms with Gasteiger partial charge in [0.25, 0.3) is 0 Å². The second-order valence-corrected chi connectivity index (χ2v) is 6.77. The van der Waals surface area contributed by atoms with Crippen LogP contribution in [0.15, 0.2) is 18.2 Å². The number of carbonyl (C=O) groups is 1. The topological polar surface area (TPSA) is 72.3 Å². The van der Waals surface area contributed by atoms with Gasteiger partial charge in [-0.15, -0.1) is 0 Å². The molecule has 0 bridgehead atoms. The number of nitrogen functional groups attached to an aromatic ring is 1. The van der Waals surface area contributed by atoms with Gasteiger partial charge in [-0.25, -0.2) is 0 Å². The molecule has 0 atom stereocenters. The maximum Gasteiger partial charge on any atom is 0.248 e. The lowest BCUT2D eigenvalue weighted by Crippen LogP contribution is -2.38. The Balaban J connectivity index is 2.09. The van der Waals surface area contributed by atoms with E-state index in [2.05, 4.69) is 25.7 Å². The third-order valence-corrected chi connectivity index (χ3v) is 4.37. The average molecular weight is 275 g/mol. The summed E-state index contributed by atoms with van der Waals surface area (Å²) in [5.74, 6) is 0.319. The molecule has 4 N–H and O–H groups in total. The number of hydrogen-bond donors (Lipinski definition) is 2. The Labute approximate surface area is 121 Å². The number of benzene rings is 1. The van der Waals surface area contributed by atoms with Crippen molar-refractivity contribution in [2.45, 2.75) is 33.6 Å². The zero-order valence-electron chi connectivity index (χ0n) is 12.6. The van der Waals surface area contributed by atoms with Crippen molar-refractivity contribution in [3.63, 3.8) is 0 Å². The van der Waals surface area contributed by atoms with Crippen molar-refractivity contribution in [2.75, 3.05) is 23.7 Å². The van der Waals surface area contributed by atoms with Crippen molar-refractivity contribution in [2.24, 2.45) is 17.1 Å². The molecule has 1 aromatic carbocycles. The maximum absolute atomic E-state index is 11.1. The highest BCUT2D eigenvalue weighted by Crippen LogP contribution is 2.36. The summed E-state index contributed by atoms with van der Waals surface area (Å²) in [6.07, 6.45) is 2.36. The van der Waals surface area contributed by atoms with E-state index < -0.39 is 5.91 Å². The molecule has 20 heavy (non-hydrogen) atoms. The maximum atomic E-state index is 11.1. The predicted molar refractivity (Wildman–Crippen MR) is 83.8 cm³/mol. The molecule has 0 unspecified atom stereocenters. The molecule has 1 fully saturated rings. The van der Waals surface area contributed by atoms with Gasteiger partial charge < -0.3 is 16.4 Å². The van der Waals surface area contributed by atoms with E-state index in [4.69, 9.17) is 11.5 Å². The summed E-state index contributed by atoms with van der Waals surface area (Å²) in [5, 5.41) is 0. The highest BCUT2D eigenvalue weighted by molar-refractivity contribution is 5.94. The van der Waals surface area contributed by atoms with Crippen LogP contribution in [-0.4, -0.2) is 19.0 Å². The summed E-state index contributed by atoms with van der Waals surface area (Å²) >= 11 is 0. The summed E-state index contributed by atoms with van der Waals surface area (Å²) in [6.45, 7) is 8.96. The number of carbonyl (C=O) groups excluding carboxylic acids is 1. The number of nitrogens with two attached hydrogens (primary N) is 2. The first kappa shape index (κ1) is 14.7. The van der Waals surface area contributed by atoms with Gasteiger partial charge in [-0.1, -0.05) is 20.8 Å². The third kappa shape index (κ3) is 3.06. The van der Waals surface area contributed by atoms with Crippen LogP contribution in [0.25, 0.3) is 0 Å². The second-order valence-electron chi connectivity index (χ2n) is 6.77. The minimum absolute atomic E-state index is 0.369. The number of amides is 1. The molecular weight excluding hydrogens is 250 g/mol. The first-order chi connectivity index (χ1) is 9.29. The highest BCUT2D eigenvalue weighted by atomic mass is 16.1. The van der Waals surface area contributed by atoms with Crippen molar-refractivity contribution in [3.8, 4) is 0 Å². The quantitative estimate of drug-likeness (QED) is 0.815. The Hall–Kier alpha value is -1.71. The van der Waals surface area contributed by atoms with E-state index in [0.717, 1.165) is 24.7 Å². The molecule has 1 aliphatic rings. The van der Waals surface area contributed by atoms with Gasteiger partial charge in [0.15, 0.2) is 0 Å². The lowest BCUT2D eigenvalue weighted by Gasteiger charge is -2.40. The molecular formula is C16H25N3O. The molecule has 1 amide bonds. The molecule has 4 nitrogen and oxygen atoms in total. The first-order valence-electron chi connectivity index (χ1n) is 7.23. The van der Waals surface area contributed by atoms with Crippen molar-refractivity contribution in [3.05, 3.63) is 23.8 Å². The van der Waals surface area contributed by atoms with Gasteiger partial charge in [0.2, 0.25) is 5.91 Å². The van der Waals surface area contributed by atoms with E-state index in [-0.39, 0.29) is 0 Å². The predicted octanol–water partition coefficient (Wildman–Crippen LogP) is 2.63. The number of rotatable bonds is 2. The van der Waals surface area contributed by atoms with Crippen LogP contribution in [0.2, 0.25) is 0 Å². The van der Waals surface area contributed by atoms with Crippen LogP contribution in [0.4, 0.5) is 11.4 Å². The van der Waals surface area contributed by atoms with Gasteiger partial charge in [-0.05, 0) is 42.4 Å². The minimum atomic E-state index is -0.435. The van der Waals surface area contributed by atoms with Gasteiger partial charge >= 0.3 is 0 Å². The van der Waals surface area contributed by atoms with Crippen LogP contribution >= 0.6 is 0 Å². The molecule has 0 aromatic heterocycles. The number of anilines is 2. The number of piperidine rings is 1. The Morgan fingerprint density at radius 1 is 1.25 bits per heavy atom. The lowest BCUT2D eigenvalue weighted by atomic mass is 9.75. The Bertz CT molecular complexity index is 497. The van der Waals surface area contributed by atoms with E-state index in [1.54, 1.807) is 12.1 Å². The van der Waals surface area contributed by atoms with E-state index in [1.807, 2.05) is 6.07 Å². The number of nitrogens with zero attached hydrogens (tertiary/aromatic N) is 1. The van der Waals surface area contributed by atoms with E-state index in [1.165, 1.54) is 12.8 Å². The highest BCUT2D eigenvalue weighted by Gasteiger charge is 2.29. The number of hydrogen-bond acceptors (Lipinski definition) is 3. The van der Waals surface area contributed by atoms with Gasteiger partial charge in [0, 0.05) is 18.7 Å². The minimum Gasteiger partial charge on any atom is -0.397 e. The molecule has 0 aliphatic carbocycles. The van der Waals surface area contributed by atoms with Gasteiger partial charge in [0.05, 0.1) is 11.4 Å². The third-order valence-electron chi connectivity index (χ3n) is 4.37. The van der Waals surface area contributed by atoms with Crippen molar-refractivity contribution >= 4 is 17.3 Å². The molecule has 1 heterocycles. The number of primary amides is 1. The fraction of sp³-hybridized carbons (Fsp3) is 0.562. The van der Waals surface area contributed by atoms with E-state index >= 15 is 0 Å². The fourth-order valence-corrected chi connectivity index (χ4v) is 2.98. The van der Waals surface area contributed by atoms with Crippen LogP contribution in [0.3, 0.4) is 0 Å². The summed E-state index contributed by atoms with van der Waals surface area (Å²) in [6, 6.07) is 5.34. The molecule has 1 aliphatic heterocycles. The smallest absolute Gasteiger partial charge is 0.248 e. The Morgan fingerprint density at radius 2 is 1.85 bits per heavy atom. The van der Waals surface area contributed by atoms with Crippen molar-refractivity contribution in [1.29, 1.82) is 0 Å². The molecule has 0 saturated carbocycles. The van der Waals surface area contributed by atoms with Crippen molar-refractivity contribution < 1.29 is 4.79 Å². The molecule has 1 saturated heterocycles. The van der Waals surface area contributed by atoms with Crippen molar-refractivity contribution in [1.82, 2.24) is 0 Å². The SMILES string of the molecule is CC(C)(C)C1CCN(c2ccc(C(N)=O)cc2N)CC1. The normalized spacial score (nSPS) is 17.2. The first-order valence-corrected chi connectivity index (χ1v) is 7.23. The fourth-order valence-electron chi connectivity index (χ4n) is 2.98. The summed E-state index contributed by atoms with van der Waals surface area (Å²) in [7, 11) is 0. The second kappa shape index (κ2) is 5.35. The van der Waals surface area contributed by atoms with E-state index in [0.29, 0.717) is 16.7 Å². The molecule has 2 rings (SSSR count). The average Bonchev–Trinajstić information content (AvgIpc) is 2.37. The summed E-state index contributed by atoms with van der Waals surface area (Å²) in [4.78, 5) is 13.5. The van der Waals surface area contributed by atoms with E-state index in [9.17, 15) is 4.79 Å². The van der Waals surface area contributed by atoms with Gasteiger partial charge in [0.1, 0.15) is 0 Å². The molecule has 0 spiro atoms. The molecule has 4 heteroatoms. The molecule has 1 aromatic rings. The van der Waals surface area contributed by atoms with Crippen LogP contribution in [0, 0.1) is 11.3 Å². The largest absolute Gasteiger partial charge is 0.397 e. The van der Waals surface area contributed by atoms with Crippen LogP contribution in [0.1, 0.15) is 44.0 Å². The van der Waals surface area contributed by atoms with Crippen LogP contribution in [-0.2, 0) is 0 Å². The molecule has 0 radical (unpaired) electrons. The zero-order valence-corrected chi connectivity index (χ0v) is 12.6. The lowest BCUT2D eigenvalue weighted by molar-refractivity contribution is 0.100. The zero-order chi connectivity index (χ0) is 14.9. The van der Waals surface area contributed by atoms with Crippen LogP contribution < -0.4 is 16.4 Å². The van der Waals surface area contributed by atoms with Gasteiger partial charge in [-0.2, -0.15) is 0 Å². The molecule has 110 valence electrons. The Kier molecular flexibility index (Phi) is 3.93.